The van der Waals surface area contributed by atoms with E-state index < -0.39 is 11.6 Å². The van der Waals surface area contributed by atoms with Gasteiger partial charge in [0.2, 0.25) is 0 Å². The first-order valence-electron chi connectivity index (χ1n) is 8.81. The summed E-state index contributed by atoms with van der Waals surface area (Å²) >= 11 is 0. The molecule has 2 rings (SSSR count). The smallest absolute Gasteiger partial charge is 0.339 e. The lowest BCUT2D eigenvalue weighted by Gasteiger charge is -2.20. The Labute approximate surface area is 154 Å². The molecule has 1 aromatic heterocycles. The molecule has 0 radical (unpaired) electrons. The van der Waals surface area contributed by atoms with Crippen molar-refractivity contribution in [3.63, 3.8) is 0 Å². The Morgan fingerprint density at radius 3 is 2.46 bits per heavy atom. The molecule has 0 saturated carbocycles. The number of ether oxygens (including phenoxy) is 1. The number of anilines is 1. The third kappa shape index (κ3) is 5.41. The predicted octanol–water partition coefficient (Wildman–Crippen LogP) is 4.55. The van der Waals surface area contributed by atoms with E-state index >= 15 is 0 Å². The van der Waals surface area contributed by atoms with Crippen LogP contribution in [0.3, 0.4) is 0 Å². The lowest BCUT2D eigenvalue weighted by molar-refractivity contribution is 0.00678. The number of hydrogen-bond acceptors (Lipinski definition) is 4. The SMILES string of the molecule is CCCc1ccc(C(=O)OC(C)(C)C)c(C(=O)Nc2cccc(C)n2)c1. The summed E-state index contributed by atoms with van der Waals surface area (Å²) in [5.41, 5.74) is 1.72. The topological polar surface area (TPSA) is 68.3 Å². The van der Waals surface area contributed by atoms with Crippen LogP contribution in [-0.4, -0.2) is 22.5 Å². The fourth-order valence-electron chi connectivity index (χ4n) is 2.53. The van der Waals surface area contributed by atoms with Gasteiger partial charge in [-0.3, -0.25) is 4.79 Å². The number of hydrogen-bond donors (Lipinski definition) is 1. The van der Waals surface area contributed by atoms with E-state index in [1.807, 2.05) is 25.1 Å². The number of benzene rings is 1. The first-order valence-corrected chi connectivity index (χ1v) is 8.81. The van der Waals surface area contributed by atoms with Gasteiger partial charge in [-0.1, -0.05) is 25.5 Å². The van der Waals surface area contributed by atoms with Crippen molar-refractivity contribution in [1.29, 1.82) is 0 Å². The van der Waals surface area contributed by atoms with E-state index in [2.05, 4.69) is 17.2 Å². The molecule has 0 aliphatic carbocycles. The summed E-state index contributed by atoms with van der Waals surface area (Å²) in [6.45, 7) is 9.31. The van der Waals surface area contributed by atoms with Crippen molar-refractivity contribution in [2.24, 2.45) is 0 Å². The third-order valence-electron chi connectivity index (χ3n) is 3.62. The number of nitrogens with zero attached hydrogens (tertiary/aromatic N) is 1. The van der Waals surface area contributed by atoms with E-state index in [1.165, 1.54) is 0 Å². The van der Waals surface area contributed by atoms with Crippen LogP contribution < -0.4 is 5.32 Å². The number of aryl methyl sites for hydroxylation is 2. The average Bonchev–Trinajstić information content (AvgIpc) is 2.53. The van der Waals surface area contributed by atoms with Gasteiger partial charge in [0.15, 0.2) is 0 Å². The Morgan fingerprint density at radius 1 is 1.12 bits per heavy atom. The molecule has 5 heteroatoms. The molecule has 1 N–H and O–H groups in total. The zero-order valence-corrected chi connectivity index (χ0v) is 16.1. The monoisotopic (exact) mass is 354 g/mol. The number of rotatable bonds is 5. The number of aromatic nitrogens is 1. The van der Waals surface area contributed by atoms with E-state index in [0.717, 1.165) is 24.1 Å². The van der Waals surface area contributed by atoms with Crippen molar-refractivity contribution in [3.8, 4) is 0 Å². The summed E-state index contributed by atoms with van der Waals surface area (Å²) in [7, 11) is 0. The lowest BCUT2D eigenvalue weighted by Crippen LogP contribution is -2.26. The van der Waals surface area contributed by atoms with Gasteiger partial charge in [-0.25, -0.2) is 9.78 Å². The molecule has 5 nitrogen and oxygen atoms in total. The van der Waals surface area contributed by atoms with Crippen molar-refractivity contribution >= 4 is 17.7 Å². The second kappa shape index (κ2) is 8.13. The highest BCUT2D eigenvalue weighted by molar-refractivity contribution is 6.10. The van der Waals surface area contributed by atoms with Crippen LogP contribution in [0.25, 0.3) is 0 Å². The van der Waals surface area contributed by atoms with Crippen molar-refractivity contribution in [3.05, 3.63) is 58.8 Å². The zero-order valence-electron chi connectivity index (χ0n) is 16.1. The lowest BCUT2D eigenvalue weighted by atomic mass is 10.0. The Hall–Kier alpha value is -2.69. The molecule has 0 unspecified atom stereocenters. The molecule has 0 aliphatic rings. The molecule has 138 valence electrons. The minimum absolute atomic E-state index is 0.255. The van der Waals surface area contributed by atoms with Crippen molar-refractivity contribution in [1.82, 2.24) is 4.98 Å². The van der Waals surface area contributed by atoms with Crippen LogP contribution in [0.5, 0.6) is 0 Å². The highest BCUT2D eigenvalue weighted by atomic mass is 16.6. The van der Waals surface area contributed by atoms with Gasteiger partial charge >= 0.3 is 5.97 Å². The normalized spacial score (nSPS) is 11.1. The predicted molar refractivity (Wildman–Crippen MR) is 103 cm³/mol. The second-order valence-electron chi connectivity index (χ2n) is 7.25. The third-order valence-corrected chi connectivity index (χ3v) is 3.62. The summed E-state index contributed by atoms with van der Waals surface area (Å²) in [6.07, 6.45) is 1.78. The number of carbonyl (C=O) groups is 2. The van der Waals surface area contributed by atoms with Gasteiger partial charge in [-0.05, 0) is 63.9 Å². The van der Waals surface area contributed by atoms with Crippen LogP contribution in [-0.2, 0) is 11.2 Å². The summed E-state index contributed by atoms with van der Waals surface area (Å²) in [4.78, 5) is 29.6. The summed E-state index contributed by atoms with van der Waals surface area (Å²) in [6, 6.07) is 10.7. The summed E-state index contributed by atoms with van der Waals surface area (Å²) in [5.74, 6) is -0.434. The van der Waals surface area contributed by atoms with E-state index in [-0.39, 0.29) is 11.5 Å². The molecule has 0 atom stereocenters. The number of nitrogens with one attached hydrogen (secondary N) is 1. The maximum Gasteiger partial charge on any atom is 0.339 e. The molecule has 0 fully saturated rings. The van der Waals surface area contributed by atoms with Crippen LogP contribution in [0.1, 0.15) is 66.1 Å². The molecule has 26 heavy (non-hydrogen) atoms. The molecule has 1 amide bonds. The molecule has 0 aliphatic heterocycles. The van der Waals surface area contributed by atoms with E-state index in [1.54, 1.807) is 39.0 Å². The summed E-state index contributed by atoms with van der Waals surface area (Å²) < 4.78 is 5.45. The largest absolute Gasteiger partial charge is 0.456 e. The van der Waals surface area contributed by atoms with Crippen molar-refractivity contribution < 1.29 is 14.3 Å². The maximum atomic E-state index is 12.8. The highest BCUT2D eigenvalue weighted by Gasteiger charge is 2.23. The Morgan fingerprint density at radius 2 is 1.85 bits per heavy atom. The fraction of sp³-hybridized carbons (Fsp3) is 0.381. The molecule has 1 aromatic carbocycles. The van der Waals surface area contributed by atoms with E-state index in [0.29, 0.717) is 11.4 Å². The number of carbonyl (C=O) groups excluding carboxylic acids is 2. The maximum absolute atomic E-state index is 12.8. The van der Waals surface area contributed by atoms with Crippen molar-refractivity contribution in [2.75, 3.05) is 5.32 Å². The second-order valence-corrected chi connectivity index (χ2v) is 7.25. The quantitative estimate of drug-likeness (QED) is 0.800. The number of pyridine rings is 1. The number of amides is 1. The van der Waals surface area contributed by atoms with E-state index in [4.69, 9.17) is 4.74 Å². The minimum Gasteiger partial charge on any atom is -0.456 e. The van der Waals surface area contributed by atoms with Crippen molar-refractivity contribution in [2.45, 2.75) is 53.1 Å². The van der Waals surface area contributed by atoms with Gasteiger partial charge in [-0.15, -0.1) is 0 Å². The highest BCUT2D eigenvalue weighted by Crippen LogP contribution is 2.19. The molecular formula is C21H26N2O3. The van der Waals surface area contributed by atoms with Crippen LogP contribution in [0.2, 0.25) is 0 Å². The molecule has 0 saturated heterocycles. The minimum atomic E-state index is -0.634. The zero-order chi connectivity index (χ0) is 19.3. The summed E-state index contributed by atoms with van der Waals surface area (Å²) in [5, 5.41) is 2.77. The fourth-order valence-corrected chi connectivity index (χ4v) is 2.53. The average molecular weight is 354 g/mol. The van der Waals surface area contributed by atoms with Gasteiger partial charge in [0.1, 0.15) is 11.4 Å². The Bertz CT molecular complexity index is 807. The van der Waals surface area contributed by atoms with Crippen LogP contribution in [0.15, 0.2) is 36.4 Å². The molecule has 1 heterocycles. The van der Waals surface area contributed by atoms with Gasteiger partial charge < -0.3 is 10.1 Å². The number of esters is 1. The van der Waals surface area contributed by atoms with Gasteiger partial charge in [-0.2, -0.15) is 0 Å². The molecule has 0 bridgehead atoms. The first kappa shape index (κ1) is 19.6. The van der Waals surface area contributed by atoms with Gasteiger partial charge in [0.05, 0.1) is 11.1 Å². The Kier molecular flexibility index (Phi) is 6.14. The van der Waals surface area contributed by atoms with Crippen LogP contribution in [0.4, 0.5) is 5.82 Å². The van der Waals surface area contributed by atoms with E-state index in [9.17, 15) is 9.59 Å². The standard InChI is InChI=1S/C21H26N2O3/c1-6-8-15-11-12-16(20(25)26-21(3,4)5)17(13-15)19(24)23-18-10-7-9-14(2)22-18/h7,9-13H,6,8H2,1-5H3,(H,22,23,24). The first-order chi connectivity index (χ1) is 12.2. The van der Waals surface area contributed by atoms with Gasteiger partial charge in [0.25, 0.3) is 5.91 Å². The van der Waals surface area contributed by atoms with Crippen LogP contribution >= 0.6 is 0 Å². The molecule has 0 spiro atoms. The molecule has 2 aromatic rings. The van der Waals surface area contributed by atoms with Gasteiger partial charge in [0, 0.05) is 5.69 Å². The van der Waals surface area contributed by atoms with Crippen LogP contribution in [0, 0.1) is 6.92 Å². The Balaban J connectivity index is 2.37. The molecular weight excluding hydrogens is 328 g/mol.